The Balaban J connectivity index is 0.874. The van der Waals surface area contributed by atoms with Gasteiger partial charge in [-0.15, -0.1) is 11.3 Å². The van der Waals surface area contributed by atoms with Crippen molar-refractivity contribution in [1.29, 1.82) is 0 Å². The summed E-state index contributed by atoms with van der Waals surface area (Å²) in [5, 5.41) is 19.6. The maximum absolute atomic E-state index is 14.1. The largest absolute Gasteiger partial charge is 0.391 e. The number of hydrogen-bond acceptors (Lipinski definition) is 12. The van der Waals surface area contributed by atoms with Crippen LogP contribution < -0.4 is 26.4 Å². The van der Waals surface area contributed by atoms with Crippen LogP contribution in [0.2, 0.25) is 0 Å². The third-order valence-electron chi connectivity index (χ3n) is 14.5. The standard InChI is InChI=1S/C59H77N7O9S/c1-10-65(46-21-24-74-25-22-46)50-30-45(29-48(38(50)4)55(69)60-32-49-36(2)28-37(3)62-56(49)70)43-15-13-41(14-16-43)12-11-23-73-26-27-75-34-52(68)64-54(59(7,8)9)58(72)66-33-47(67)31-51(66)57(71)63-39(5)42-17-19-44(20-18-42)53-40(6)61-35-76-53/h13-20,28-30,35,39,46-47,51,54,67H,10-12,21-27,31-34H2,1-9H3,(H,60,69)(H,62,70)(H,63,71)(H,64,68)/t39?,47-,51+,54?/m1/s1. The maximum Gasteiger partial charge on any atom is 0.253 e. The van der Waals surface area contributed by atoms with E-state index >= 15 is 0 Å². The van der Waals surface area contributed by atoms with Crippen molar-refractivity contribution in [2.75, 3.05) is 57.6 Å². The summed E-state index contributed by atoms with van der Waals surface area (Å²) in [6.07, 6.45) is 2.55. The summed E-state index contributed by atoms with van der Waals surface area (Å²) in [6, 6.07) is 20.4. The highest BCUT2D eigenvalue weighted by Crippen LogP contribution is 2.35. The van der Waals surface area contributed by atoms with Crippen molar-refractivity contribution in [3.8, 4) is 21.6 Å². The molecule has 17 heteroatoms. The molecule has 2 unspecified atom stereocenters. The minimum absolute atomic E-state index is 0.0243. The highest BCUT2D eigenvalue weighted by atomic mass is 32.1. The Morgan fingerprint density at radius 2 is 1.62 bits per heavy atom. The fraction of sp³-hybridized carbons (Fsp3) is 0.492. The minimum atomic E-state index is -0.977. The predicted octanol–water partition coefficient (Wildman–Crippen LogP) is 7.67. The maximum atomic E-state index is 14.1. The van der Waals surface area contributed by atoms with Crippen LogP contribution in [0.5, 0.6) is 0 Å². The Labute approximate surface area is 451 Å². The molecule has 0 aliphatic carbocycles. The van der Waals surface area contributed by atoms with E-state index in [9.17, 15) is 29.1 Å². The van der Waals surface area contributed by atoms with Crippen LogP contribution in [0, 0.1) is 33.1 Å². The summed E-state index contributed by atoms with van der Waals surface area (Å²) in [5.41, 5.74) is 11.5. The van der Waals surface area contributed by atoms with E-state index in [1.807, 2.05) is 97.3 Å². The number of H-pyrrole nitrogens is 1. The molecule has 0 saturated carbocycles. The average molecular weight is 1060 g/mol. The first-order chi connectivity index (χ1) is 36.3. The number of ether oxygens (including phenoxy) is 3. The van der Waals surface area contributed by atoms with E-state index in [0.717, 1.165) is 93.1 Å². The van der Waals surface area contributed by atoms with Crippen LogP contribution in [-0.2, 0) is 41.6 Å². The van der Waals surface area contributed by atoms with Crippen molar-refractivity contribution in [3.05, 3.63) is 127 Å². The Bertz CT molecular complexity index is 2850. The molecule has 5 N–H and O–H groups in total. The number of carbonyl (C=O) groups is 4. The third-order valence-corrected chi connectivity index (χ3v) is 15.5. The van der Waals surface area contributed by atoms with E-state index in [4.69, 9.17) is 14.2 Å². The fourth-order valence-corrected chi connectivity index (χ4v) is 11.0. The summed E-state index contributed by atoms with van der Waals surface area (Å²) in [5.74, 6) is -1.53. The molecule has 0 spiro atoms. The molecule has 76 heavy (non-hydrogen) atoms. The minimum Gasteiger partial charge on any atom is -0.391 e. The molecule has 408 valence electrons. The molecule has 4 amide bonds. The fourth-order valence-electron chi connectivity index (χ4n) is 10.2. The van der Waals surface area contributed by atoms with E-state index in [1.54, 1.807) is 11.3 Å². The number of benzene rings is 3. The first-order valence-corrected chi connectivity index (χ1v) is 27.5. The molecule has 16 nitrogen and oxygen atoms in total. The molecule has 4 atom stereocenters. The van der Waals surface area contributed by atoms with E-state index in [2.05, 4.69) is 68.1 Å². The number of aliphatic hydroxyl groups is 1. The number of β-amino-alcohol motifs (C(OH)–C–C–N with tert-alkyl or cyclic N) is 1. The van der Waals surface area contributed by atoms with Gasteiger partial charge in [0.1, 0.15) is 18.7 Å². The lowest BCUT2D eigenvalue weighted by Crippen LogP contribution is -2.58. The van der Waals surface area contributed by atoms with Gasteiger partial charge in [-0.3, -0.25) is 24.0 Å². The monoisotopic (exact) mass is 1060 g/mol. The number of thiazole rings is 1. The zero-order valence-electron chi connectivity index (χ0n) is 45.7. The van der Waals surface area contributed by atoms with Crippen molar-refractivity contribution < 1.29 is 38.5 Å². The number of pyridine rings is 1. The second kappa shape index (κ2) is 26.2. The Morgan fingerprint density at radius 3 is 2.28 bits per heavy atom. The second-order valence-corrected chi connectivity index (χ2v) is 22.1. The van der Waals surface area contributed by atoms with Crippen LogP contribution >= 0.6 is 11.3 Å². The zero-order valence-corrected chi connectivity index (χ0v) is 46.5. The molecule has 7 rings (SSSR count). The van der Waals surface area contributed by atoms with Crippen molar-refractivity contribution in [3.63, 3.8) is 0 Å². The lowest BCUT2D eigenvalue weighted by atomic mass is 9.85. The molecule has 4 heterocycles. The van der Waals surface area contributed by atoms with Gasteiger partial charge >= 0.3 is 0 Å². The summed E-state index contributed by atoms with van der Waals surface area (Å²) in [4.78, 5) is 79.8. The van der Waals surface area contributed by atoms with Gasteiger partial charge in [-0.25, -0.2) is 4.98 Å². The van der Waals surface area contributed by atoms with Gasteiger partial charge in [0.15, 0.2) is 0 Å². The van der Waals surface area contributed by atoms with E-state index in [1.165, 1.54) is 4.90 Å². The van der Waals surface area contributed by atoms with Crippen molar-refractivity contribution in [2.24, 2.45) is 5.41 Å². The van der Waals surface area contributed by atoms with Gasteiger partial charge in [0.05, 0.1) is 41.4 Å². The highest BCUT2D eigenvalue weighted by molar-refractivity contribution is 7.13. The van der Waals surface area contributed by atoms with Crippen molar-refractivity contribution in [2.45, 2.75) is 131 Å². The lowest BCUT2D eigenvalue weighted by Gasteiger charge is -2.37. The summed E-state index contributed by atoms with van der Waals surface area (Å²) in [7, 11) is 0. The summed E-state index contributed by atoms with van der Waals surface area (Å²) >= 11 is 1.57. The van der Waals surface area contributed by atoms with Gasteiger partial charge in [0, 0.05) is 74.4 Å². The molecule has 3 aromatic carbocycles. The van der Waals surface area contributed by atoms with E-state index < -0.39 is 35.4 Å². The van der Waals surface area contributed by atoms with Crippen LogP contribution in [0.3, 0.4) is 0 Å². The quantitative estimate of drug-likeness (QED) is 0.0426. The molecule has 0 bridgehead atoms. The van der Waals surface area contributed by atoms with Crippen molar-refractivity contribution in [1.82, 2.24) is 30.8 Å². The number of aryl methyl sites for hydroxylation is 4. The molecule has 5 aromatic rings. The van der Waals surface area contributed by atoms with Gasteiger partial charge in [-0.2, -0.15) is 0 Å². The normalized spacial score (nSPS) is 16.8. The summed E-state index contributed by atoms with van der Waals surface area (Å²) in [6.45, 7) is 20.2. The third kappa shape index (κ3) is 14.6. The van der Waals surface area contributed by atoms with Crippen LogP contribution in [0.15, 0.2) is 77.0 Å². The van der Waals surface area contributed by atoms with Crippen LogP contribution in [-0.4, -0.2) is 121 Å². The van der Waals surface area contributed by atoms with Gasteiger partial charge < -0.3 is 50.1 Å². The topological polar surface area (TPSA) is 205 Å². The van der Waals surface area contributed by atoms with Gasteiger partial charge in [0.2, 0.25) is 17.7 Å². The number of likely N-dealkylation sites (tertiary alicyclic amines) is 1. The van der Waals surface area contributed by atoms with E-state index in [-0.39, 0.29) is 68.8 Å². The number of nitrogens with zero attached hydrogens (tertiary/aromatic N) is 3. The molecular weight excluding hydrogens is 983 g/mol. The van der Waals surface area contributed by atoms with Crippen LogP contribution in [0.4, 0.5) is 5.69 Å². The Morgan fingerprint density at radius 1 is 0.921 bits per heavy atom. The smallest absolute Gasteiger partial charge is 0.253 e. The Hall–Kier alpha value is -6.24. The highest BCUT2D eigenvalue weighted by Gasteiger charge is 2.45. The number of aliphatic hydroxyl groups excluding tert-OH is 1. The van der Waals surface area contributed by atoms with Gasteiger partial charge in [-0.05, 0) is 130 Å². The lowest BCUT2D eigenvalue weighted by molar-refractivity contribution is -0.144. The van der Waals surface area contributed by atoms with Crippen LogP contribution in [0.1, 0.15) is 116 Å². The Kier molecular flexibility index (Phi) is 19.8. The molecule has 2 fully saturated rings. The second-order valence-electron chi connectivity index (χ2n) is 21.3. The number of amides is 4. The van der Waals surface area contributed by atoms with E-state index in [0.29, 0.717) is 30.9 Å². The predicted molar refractivity (Wildman–Crippen MR) is 297 cm³/mol. The molecular formula is C59H77N7O9S. The number of aromatic amines is 1. The van der Waals surface area contributed by atoms with Crippen LogP contribution in [0.25, 0.3) is 21.6 Å². The summed E-state index contributed by atoms with van der Waals surface area (Å²) < 4.78 is 17.2. The molecule has 2 aliphatic heterocycles. The molecule has 2 aromatic heterocycles. The number of rotatable bonds is 22. The average Bonchev–Trinajstić information content (AvgIpc) is 4.02. The number of aromatic nitrogens is 2. The number of nitrogens with one attached hydrogen (secondary N) is 4. The molecule has 2 aliphatic rings. The number of anilines is 1. The number of hydrogen-bond donors (Lipinski definition) is 5. The van der Waals surface area contributed by atoms with Gasteiger partial charge in [-0.1, -0.05) is 69.3 Å². The molecule has 0 radical (unpaired) electrons. The first kappa shape index (κ1) is 57.5. The zero-order chi connectivity index (χ0) is 54.7. The van der Waals surface area contributed by atoms with Crippen molar-refractivity contribution >= 4 is 40.7 Å². The number of carbonyl (C=O) groups excluding carboxylic acids is 4. The molecule has 2 saturated heterocycles. The van der Waals surface area contributed by atoms with Gasteiger partial charge in [0.25, 0.3) is 11.5 Å². The first-order valence-electron chi connectivity index (χ1n) is 26.6. The SMILES string of the molecule is CCN(c1cc(-c2ccc(CCCOCCOCC(=O)NC(C(=O)N3C[C@H](O)C[C@H]3C(=O)NC(C)c3ccc(-c4scnc4C)cc3)C(C)(C)C)cc2)cc(C(=O)NCc2c(C)cc(C)[nH]c2=O)c1C)C1CCOCC1.